The van der Waals surface area contributed by atoms with Crippen LogP contribution in [-0.4, -0.2) is 43.6 Å². The molecule has 20 heavy (non-hydrogen) atoms. The molecular weight excluding hydrogens is 254 g/mol. The number of nitrogens with two attached hydrogens (primary N) is 1. The first kappa shape index (κ1) is 14.8. The summed E-state index contributed by atoms with van der Waals surface area (Å²) in [4.78, 5) is 13.0. The molecule has 1 saturated heterocycles. The molecule has 5 heteroatoms. The largest absolute Gasteiger partial charge is 0.496 e. The van der Waals surface area contributed by atoms with Crippen molar-refractivity contribution in [1.82, 2.24) is 10.2 Å². The van der Waals surface area contributed by atoms with Gasteiger partial charge < -0.3 is 15.8 Å². The lowest BCUT2D eigenvalue weighted by Gasteiger charge is -2.31. The molecular formula is C15H23N3O2. The van der Waals surface area contributed by atoms with Crippen molar-refractivity contribution in [1.29, 1.82) is 0 Å². The van der Waals surface area contributed by atoms with Crippen molar-refractivity contribution in [3.8, 4) is 5.75 Å². The standard InChI is InChI=1S/C15H23N3O2/c1-20-14-5-3-2-4-12(14)10-17-13-6-8-18(9-7-13)11-15(16)19/h2-5,13,17H,6-11H2,1H3,(H2,16,19). The number of para-hydroxylation sites is 1. The van der Waals surface area contributed by atoms with Crippen LogP contribution in [0.25, 0.3) is 0 Å². The summed E-state index contributed by atoms with van der Waals surface area (Å²) in [5.41, 5.74) is 6.39. The van der Waals surface area contributed by atoms with Gasteiger partial charge in [0, 0.05) is 31.2 Å². The molecule has 0 bridgehead atoms. The average Bonchev–Trinajstić information content (AvgIpc) is 2.46. The fraction of sp³-hybridized carbons (Fsp3) is 0.533. The number of carbonyl (C=O) groups excluding carboxylic acids is 1. The quantitative estimate of drug-likeness (QED) is 0.804. The molecule has 3 N–H and O–H groups in total. The molecule has 0 aromatic heterocycles. The van der Waals surface area contributed by atoms with Crippen LogP contribution in [0.2, 0.25) is 0 Å². The van der Waals surface area contributed by atoms with Crippen molar-refractivity contribution in [3.05, 3.63) is 29.8 Å². The van der Waals surface area contributed by atoms with Gasteiger partial charge >= 0.3 is 0 Å². The summed E-state index contributed by atoms with van der Waals surface area (Å²) in [6.07, 6.45) is 2.09. The molecule has 1 amide bonds. The normalized spacial score (nSPS) is 17.1. The summed E-state index contributed by atoms with van der Waals surface area (Å²) in [7, 11) is 1.70. The highest BCUT2D eigenvalue weighted by molar-refractivity contribution is 5.75. The van der Waals surface area contributed by atoms with Gasteiger partial charge in [-0.05, 0) is 18.9 Å². The number of nitrogens with one attached hydrogen (secondary N) is 1. The topological polar surface area (TPSA) is 67.6 Å². The summed E-state index contributed by atoms with van der Waals surface area (Å²) in [6.45, 7) is 3.03. The van der Waals surface area contributed by atoms with Crippen molar-refractivity contribution in [2.45, 2.75) is 25.4 Å². The van der Waals surface area contributed by atoms with Crippen LogP contribution in [0, 0.1) is 0 Å². The summed E-state index contributed by atoms with van der Waals surface area (Å²) < 4.78 is 5.35. The Morgan fingerprint density at radius 3 is 2.75 bits per heavy atom. The number of piperidine rings is 1. The Bertz CT molecular complexity index is 442. The molecule has 1 aromatic rings. The smallest absolute Gasteiger partial charge is 0.231 e. The number of carbonyl (C=O) groups is 1. The van der Waals surface area contributed by atoms with Crippen molar-refractivity contribution >= 4 is 5.91 Å². The first-order chi connectivity index (χ1) is 9.69. The molecule has 0 atom stereocenters. The van der Waals surface area contributed by atoms with E-state index in [1.165, 1.54) is 5.56 Å². The Morgan fingerprint density at radius 2 is 2.10 bits per heavy atom. The van der Waals surface area contributed by atoms with E-state index < -0.39 is 0 Å². The second kappa shape index (κ2) is 7.26. The number of methoxy groups -OCH3 is 1. The zero-order valence-corrected chi connectivity index (χ0v) is 12.0. The van der Waals surface area contributed by atoms with Crippen LogP contribution < -0.4 is 15.8 Å². The van der Waals surface area contributed by atoms with Crippen LogP contribution in [0.1, 0.15) is 18.4 Å². The Balaban J connectivity index is 1.77. The monoisotopic (exact) mass is 277 g/mol. The van der Waals surface area contributed by atoms with Gasteiger partial charge in [-0.3, -0.25) is 9.69 Å². The average molecular weight is 277 g/mol. The number of amides is 1. The molecule has 0 unspecified atom stereocenters. The van der Waals surface area contributed by atoms with Gasteiger partial charge in [0.1, 0.15) is 5.75 Å². The lowest BCUT2D eigenvalue weighted by atomic mass is 10.0. The molecule has 1 aromatic carbocycles. The third-order valence-corrected chi connectivity index (χ3v) is 3.74. The second-order valence-electron chi connectivity index (χ2n) is 5.21. The van der Waals surface area contributed by atoms with E-state index in [0.29, 0.717) is 12.6 Å². The highest BCUT2D eigenvalue weighted by atomic mass is 16.5. The number of primary amides is 1. The van der Waals surface area contributed by atoms with Crippen molar-refractivity contribution < 1.29 is 9.53 Å². The lowest BCUT2D eigenvalue weighted by Crippen LogP contribution is -2.45. The van der Waals surface area contributed by atoms with E-state index in [9.17, 15) is 4.79 Å². The molecule has 0 aliphatic carbocycles. The summed E-state index contributed by atoms with van der Waals surface area (Å²) in [5, 5.41) is 3.56. The highest BCUT2D eigenvalue weighted by Crippen LogP contribution is 2.18. The molecule has 110 valence electrons. The number of hydrogen-bond donors (Lipinski definition) is 2. The number of benzene rings is 1. The van der Waals surface area contributed by atoms with E-state index in [4.69, 9.17) is 10.5 Å². The number of nitrogens with zero attached hydrogens (tertiary/aromatic N) is 1. The van der Waals surface area contributed by atoms with Gasteiger partial charge in [0.2, 0.25) is 5.91 Å². The maximum absolute atomic E-state index is 10.9. The molecule has 1 heterocycles. The maximum atomic E-state index is 10.9. The van der Waals surface area contributed by atoms with Crippen molar-refractivity contribution in [2.24, 2.45) is 5.73 Å². The van der Waals surface area contributed by atoms with Crippen LogP contribution in [0.3, 0.4) is 0 Å². The third kappa shape index (κ3) is 4.21. The van der Waals surface area contributed by atoms with E-state index in [-0.39, 0.29) is 5.91 Å². The fourth-order valence-corrected chi connectivity index (χ4v) is 2.62. The zero-order valence-electron chi connectivity index (χ0n) is 12.0. The molecule has 0 spiro atoms. The Kier molecular flexibility index (Phi) is 5.38. The third-order valence-electron chi connectivity index (χ3n) is 3.74. The van der Waals surface area contributed by atoms with E-state index in [1.807, 2.05) is 18.2 Å². The first-order valence-corrected chi connectivity index (χ1v) is 7.05. The van der Waals surface area contributed by atoms with E-state index in [1.54, 1.807) is 7.11 Å². The van der Waals surface area contributed by atoms with Crippen LogP contribution in [0.4, 0.5) is 0 Å². The van der Waals surface area contributed by atoms with E-state index in [2.05, 4.69) is 16.3 Å². The first-order valence-electron chi connectivity index (χ1n) is 7.05. The number of hydrogen-bond acceptors (Lipinski definition) is 4. The predicted octanol–water partition coefficient (Wildman–Crippen LogP) is 0.735. The maximum Gasteiger partial charge on any atom is 0.231 e. The summed E-state index contributed by atoms with van der Waals surface area (Å²) >= 11 is 0. The van der Waals surface area contributed by atoms with Gasteiger partial charge in [-0.2, -0.15) is 0 Å². The van der Waals surface area contributed by atoms with E-state index >= 15 is 0 Å². The van der Waals surface area contributed by atoms with Crippen LogP contribution in [0.15, 0.2) is 24.3 Å². The molecule has 2 rings (SSSR count). The zero-order chi connectivity index (χ0) is 14.4. The van der Waals surface area contributed by atoms with E-state index in [0.717, 1.165) is 38.2 Å². The molecule has 1 aliphatic heterocycles. The SMILES string of the molecule is COc1ccccc1CNC1CCN(CC(N)=O)CC1. The van der Waals surface area contributed by atoms with Crippen LogP contribution >= 0.6 is 0 Å². The van der Waals surface area contributed by atoms with Gasteiger partial charge in [0.25, 0.3) is 0 Å². The molecule has 1 fully saturated rings. The number of likely N-dealkylation sites (tertiary alicyclic amines) is 1. The summed E-state index contributed by atoms with van der Waals surface area (Å²) in [6, 6.07) is 8.55. The highest BCUT2D eigenvalue weighted by Gasteiger charge is 2.19. The van der Waals surface area contributed by atoms with Gasteiger partial charge in [-0.25, -0.2) is 0 Å². The molecule has 1 aliphatic rings. The van der Waals surface area contributed by atoms with Gasteiger partial charge in [0.05, 0.1) is 13.7 Å². The second-order valence-corrected chi connectivity index (χ2v) is 5.21. The Hall–Kier alpha value is -1.59. The lowest BCUT2D eigenvalue weighted by molar-refractivity contribution is -0.119. The Labute approximate surface area is 120 Å². The van der Waals surface area contributed by atoms with Gasteiger partial charge in [-0.1, -0.05) is 18.2 Å². The molecule has 5 nitrogen and oxygen atoms in total. The van der Waals surface area contributed by atoms with Crippen LogP contribution in [0.5, 0.6) is 5.75 Å². The number of rotatable bonds is 6. The van der Waals surface area contributed by atoms with Gasteiger partial charge in [-0.15, -0.1) is 0 Å². The van der Waals surface area contributed by atoms with Crippen LogP contribution in [-0.2, 0) is 11.3 Å². The minimum Gasteiger partial charge on any atom is -0.496 e. The van der Waals surface area contributed by atoms with Gasteiger partial charge in [0.15, 0.2) is 0 Å². The Morgan fingerprint density at radius 1 is 1.40 bits per heavy atom. The molecule has 0 saturated carbocycles. The minimum atomic E-state index is -0.245. The minimum absolute atomic E-state index is 0.245. The summed E-state index contributed by atoms with van der Waals surface area (Å²) in [5.74, 6) is 0.677. The predicted molar refractivity (Wildman–Crippen MR) is 78.5 cm³/mol. The van der Waals surface area contributed by atoms with Crippen molar-refractivity contribution in [2.75, 3.05) is 26.7 Å². The van der Waals surface area contributed by atoms with Crippen molar-refractivity contribution in [3.63, 3.8) is 0 Å². The fourth-order valence-electron chi connectivity index (χ4n) is 2.62. The number of ether oxygens (including phenoxy) is 1. The molecule has 0 radical (unpaired) electrons.